The Balaban J connectivity index is 1.55. The summed E-state index contributed by atoms with van der Waals surface area (Å²) < 4.78 is 11.2. The number of halogens is 1. The normalized spacial score (nSPS) is 10.9. The summed E-state index contributed by atoms with van der Waals surface area (Å²) in [5, 5.41) is 4.42. The molecule has 2 aromatic heterocycles. The van der Waals surface area contributed by atoms with E-state index < -0.39 is 0 Å². The Morgan fingerprint density at radius 3 is 2.81 bits per heavy atom. The second-order valence-corrected chi connectivity index (χ2v) is 7.56. The molecular formula is C25H23ClN2O3. The number of furan rings is 1. The molecule has 0 aliphatic carbocycles. The Kier molecular flexibility index (Phi) is 6.53. The first kappa shape index (κ1) is 20.9. The molecule has 4 rings (SSSR count). The maximum Gasteiger partial charge on any atom is 0.251 e. The molecule has 1 N–H and O–H groups in total. The highest BCUT2D eigenvalue weighted by Gasteiger charge is 2.13. The fourth-order valence-electron chi connectivity index (χ4n) is 3.43. The third kappa shape index (κ3) is 5.06. The van der Waals surface area contributed by atoms with Crippen molar-refractivity contribution in [2.45, 2.75) is 19.8 Å². The van der Waals surface area contributed by atoms with Crippen molar-refractivity contribution in [1.29, 1.82) is 0 Å². The van der Waals surface area contributed by atoms with E-state index in [1.54, 1.807) is 12.3 Å². The molecule has 158 valence electrons. The standard InChI is InChI=1S/C25H23ClN2O3/c1-2-30-24-16-23(17-6-3-7-19(26)14-17)28-22-11-10-18(15-21(22)24)25(29)27-12-4-8-20-9-5-13-31-20/h3,5-7,9-11,13-16H,2,4,8,12H2,1H3,(H,27,29). The lowest BCUT2D eigenvalue weighted by Crippen LogP contribution is -2.24. The van der Waals surface area contributed by atoms with Crippen LogP contribution in [-0.4, -0.2) is 24.0 Å². The number of aryl methyl sites for hydroxylation is 1. The average Bonchev–Trinajstić information content (AvgIpc) is 3.30. The van der Waals surface area contributed by atoms with Crippen LogP contribution in [0, 0.1) is 0 Å². The van der Waals surface area contributed by atoms with Gasteiger partial charge in [0.15, 0.2) is 0 Å². The minimum atomic E-state index is -0.122. The van der Waals surface area contributed by atoms with Gasteiger partial charge in [-0.2, -0.15) is 0 Å². The number of nitrogens with one attached hydrogen (secondary N) is 1. The van der Waals surface area contributed by atoms with Crippen LogP contribution in [-0.2, 0) is 6.42 Å². The summed E-state index contributed by atoms with van der Waals surface area (Å²) in [6, 6.07) is 18.7. The number of aromatic nitrogens is 1. The molecule has 5 nitrogen and oxygen atoms in total. The summed E-state index contributed by atoms with van der Waals surface area (Å²) in [4.78, 5) is 17.4. The Bertz CT molecular complexity index is 1190. The zero-order chi connectivity index (χ0) is 21.6. The third-order valence-electron chi connectivity index (χ3n) is 4.92. The highest BCUT2D eigenvalue weighted by Crippen LogP contribution is 2.31. The lowest BCUT2D eigenvalue weighted by Gasteiger charge is -2.12. The van der Waals surface area contributed by atoms with Gasteiger partial charge in [-0.1, -0.05) is 23.7 Å². The van der Waals surface area contributed by atoms with Gasteiger partial charge in [0.05, 0.1) is 24.1 Å². The van der Waals surface area contributed by atoms with Gasteiger partial charge >= 0.3 is 0 Å². The van der Waals surface area contributed by atoms with Gasteiger partial charge < -0.3 is 14.5 Å². The number of rotatable bonds is 8. The van der Waals surface area contributed by atoms with Crippen LogP contribution in [0.4, 0.5) is 0 Å². The largest absolute Gasteiger partial charge is 0.493 e. The SMILES string of the molecule is CCOc1cc(-c2cccc(Cl)c2)nc2ccc(C(=O)NCCCc3ccco3)cc12. The molecule has 0 aliphatic heterocycles. The molecule has 0 fully saturated rings. The van der Waals surface area contributed by atoms with Crippen LogP contribution in [0.25, 0.3) is 22.2 Å². The minimum absolute atomic E-state index is 0.122. The number of nitrogens with zero attached hydrogens (tertiary/aromatic N) is 1. The maximum absolute atomic E-state index is 12.6. The maximum atomic E-state index is 12.6. The van der Waals surface area contributed by atoms with Crippen molar-refractivity contribution in [2.24, 2.45) is 0 Å². The van der Waals surface area contributed by atoms with Gasteiger partial charge in [-0.05, 0) is 55.8 Å². The molecule has 0 radical (unpaired) electrons. The smallest absolute Gasteiger partial charge is 0.251 e. The monoisotopic (exact) mass is 434 g/mol. The zero-order valence-electron chi connectivity index (χ0n) is 17.2. The van der Waals surface area contributed by atoms with E-state index in [0.29, 0.717) is 29.5 Å². The number of hydrogen-bond donors (Lipinski definition) is 1. The molecule has 0 atom stereocenters. The van der Waals surface area contributed by atoms with E-state index >= 15 is 0 Å². The predicted octanol–water partition coefficient (Wildman–Crippen LogP) is 5.91. The summed E-state index contributed by atoms with van der Waals surface area (Å²) in [5.74, 6) is 1.49. The zero-order valence-corrected chi connectivity index (χ0v) is 18.0. The molecular weight excluding hydrogens is 412 g/mol. The molecule has 1 amide bonds. The lowest BCUT2D eigenvalue weighted by molar-refractivity contribution is 0.0953. The summed E-state index contributed by atoms with van der Waals surface area (Å²) in [5.41, 5.74) is 3.02. The van der Waals surface area contributed by atoms with Crippen molar-refractivity contribution in [1.82, 2.24) is 10.3 Å². The fourth-order valence-corrected chi connectivity index (χ4v) is 3.62. The summed E-state index contributed by atoms with van der Waals surface area (Å²) >= 11 is 6.14. The van der Waals surface area contributed by atoms with E-state index in [1.165, 1.54) is 0 Å². The number of fused-ring (bicyclic) bond motifs is 1. The lowest BCUT2D eigenvalue weighted by atomic mass is 10.1. The number of carbonyl (C=O) groups is 1. The minimum Gasteiger partial charge on any atom is -0.493 e. The predicted molar refractivity (Wildman–Crippen MR) is 123 cm³/mol. The van der Waals surface area contributed by atoms with E-state index in [2.05, 4.69) is 5.32 Å². The first-order valence-corrected chi connectivity index (χ1v) is 10.7. The van der Waals surface area contributed by atoms with Crippen LogP contribution in [0.1, 0.15) is 29.5 Å². The van der Waals surface area contributed by atoms with E-state index in [1.807, 2.05) is 61.5 Å². The average molecular weight is 435 g/mol. The van der Waals surface area contributed by atoms with Crippen molar-refractivity contribution >= 4 is 28.4 Å². The highest BCUT2D eigenvalue weighted by atomic mass is 35.5. The van der Waals surface area contributed by atoms with E-state index in [4.69, 9.17) is 25.7 Å². The van der Waals surface area contributed by atoms with Crippen molar-refractivity contribution < 1.29 is 13.9 Å². The highest BCUT2D eigenvalue weighted by molar-refractivity contribution is 6.30. The Labute approximate surface area is 186 Å². The van der Waals surface area contributed by atoms with Crippen molar-refractivity contribution in [2.75, 3.05) is 13.2 Å². The number of carbonyl (C=O) groups excluding carboxylic acids is 1. The van der Waals surface area contributed by atoms with Crippen LogP contribution < -0.4 is 10.1 Å². The first-order chi connectivity index (χ1) is 15.1. The van der Waals surface area contributed by atoms with Gasteiger partial charge in [0.25, 0.3) is 5.91 Å². The number of hydrogen-bond acceptors (Lipinski definition) is 4. The summed E-state index contributed by atoms with van der Waals surface area (Å²) in [6.07, 6.45) is 3.25. The molecule has 0 saturated heterocycles. The van der Waals surface area contributed by atoms with Crippen molar-refractivity contribution in [3.63, 3.8) is 0 Å². The number of benzene rings is 2. The second-order valence-electron chi connectivity index (χ2n) is 7.12. The van der Waals surface area contributed by atoms with Gasteiger partial charge in [-0.25, -0.2) is 4.98 Å². The molecule has 2 heterocycles. The molecule has 6 heteroatoms. The quantitative estimate of drug-likeness (QED) is 0.350. The number of ether oxygens (including phenoxy) is 1. The molecule has 0 spiro atoms. The third-order valence-corrected chi connectivity index (χ3v) is 5.15. The van der Waals surface area contributed by atoms with Crippen molar-refractivity contribution in [3.05, 3.63) is 83.3 Å². The Morgan fingerprint density at radius 1 is 1.13 bits per heavy atom. The van der Waals surface area contributed by atoms with Crippen LogP contribution in [0.2, 0.25) is 5.02 Å². The number of pyridine rings is 1. The Hall–Kier alpha value is -3.31. The van der Waals surface area contributed by atoms with Gasteiger partial charge in [-0.3, -0.25) is 4.79 Å². The van der Waals surface area contributed by atoms with Gasteiger partial charge in [0.2, 0.25) is 0 Å². The Morgan fingerprint density at radius 2 is 2.03 bits per heavy atom. The van der Waals surface area contributed by atoms with Crippen LogP contribution >= 0.6 is 11.6 Å². The molecule has 0 saturated carbocycles. The van der Waals surface area contributed by atoms with E-state index in [9.17, 15) is 4.79 Å². The van der Waals surface area contributed by atoms with Crippen LogP contribution in [0.3, 0.4) is 0 Å². The van der Waals surface area contributed by atoms with Gasteiger partial charge in [0.1, 0.15) is 11.5 Å². The first-order valence-electron chi connectivity index (χ1n) is 10.3. The molecule has 0 aliphatic rings. The van der Waals surface area contributed by atoms with Crippen LogP contribution in [0.5, 0.6) is 5.75 Å². The van der Waals surface area contributed by atoms with Crippen LogP contribution in [0.15, 0.2) is 71.3 Å². The molecule has 0 unspecified atom stereocenters. The molecule has 31 heavy (non-hydrogen) atoms. The summed E-state index contributed by atoms with van der Waals surface area (Å²) in [7, 11) is 0. The molecule has 2 aromatic carbocycles. The molecule has 4 aromatic rings. The van der Waals surface area contributed by atoms with Gasteiger partial charge in [0, 0.05) is 40.6 Å². The second kappa shape index (κ2) is 9.67. The van der Waals surface area contributed by atoms with Gasteiger partial charge in [-0.15, -0.1) is 0 Å². The summed E-state index contributed by atoms with van der Waals surface area (Å²) in [6.45, 7) is 3.01. The number of amides is 1. The van der Waals surface area contributed by atoms with Crippen molar-refractivity contribution in [3.8, 4) is 17.0 Å². The van der Waals surface area contributed by atoms with E-state index in [0.717, 1.165) is 40.8 Å². The molecule has 0 bridgehead atoms. The fraction of sp³-hybridized carbons (Fsp3) is 0.200. The topological polar surface area (TPSA) is 64.4 Å². The van der Waals surface area contributed by atoms with E-state index in [-0.39, 0.29) is 5.91 Å².